The predicted molar refractivity (Wildman–Crippen MR) is 113 cm³/mol. The van der Waals surface area contributed by atoms with Crippen molar-refractivity contribution >= 4 is 11.8 Å². The van der Waals surface area contributed by atoms with Gasteiger partial charge in [0.15, 0.2) is 0 Å². The first-order valence-corrected chi connectivity index (χ1v) is 11.5. The highest BCUT2D eigenvalue weighted by Gasteiger charge is 2.37. The summed E-state index contributed by atoms with van der Waals surface area (Å²) in [5.41, 5.74) is 1.16. The SMILES string of the molecule is CCCCCCCCCCC=C(C1CC(=O)NC1=O)C(CC)N1CCOCC1. The second-order valence-electron chi connectivity index (χ2n) is 8.21. The number of allylic oxidation sites excluding steroid dienone is 1. The number of hydrogen-bond acceptors (Lipinski definition) is 4. The van der Waals surface area contributed by atoms with Gasteiger partial charge in [-0.1, -0.05) is 64.9 Å². The fourth-order valence-corrected chi connectivity index (χ4v) is 4.47. The van der Waals surface area contributed by atoms with Crippen LogP contribution in [0.1, 0.15) is 84.5 Å². The number of rotatable bonds is 13. The molecule has 2 aliphatic rings. The third kappa shape index (κ3) is 7.32. The Kier molecular flexibility index (Phi) is 10.8. The topological polar surface area (TPSA) is 58.6 Å². The molecule has 0 radical (unpaired) electrons. The lowest BCUT2D eigenvalue weighted by Crippen LogP contribution is -2.45. The molecule has 2 atom stereocenters. The van der Waals surface area contributed by atoms with Crippen molar-refractivity contribution in [1.29, 1.82) is 0 Å². The second kappa shape index (κ2) is 13.1. The molecule has 0 saturated carbocycles. The third-order valence-electron chi connectivity index (χ3n) is 6.07. The number of amides is 2. The van der Waals surface area contributed by atoms with Gasteiger partial charge >= 0.3 is 0 Å². The third-order valence-corrected chi connectivity index (χ3v) is 6.07. The van der Waals surface area contributed by atoms with E-state index in [2.05, 4.69) is 30.1 Å². The second-order valence-corrected chi connectivity index (χ2v) is 8.21. The summed E-state index contributed by atoms with van der Waals surface area (Å²) in [5.74, 6) is -0.530. The maximum atomic E-state index is 12.4. The van der Waals surface area contributed by atoms with E-state index in [1.165, 1.54) is 51.4 Å². The van der Waals surface area contributed by atoms with Crippen molar-refractivity contribution in [3.63, 3.8) is 0 Å². The minimum absolute atomic E-state index is 0.112. The zero-order chi connectivity index (χ0) is 20.2. The van der Waals surface area contributed by atoms with Gasteiger partial charge < -0.3 is 4.74 Å². The molecule has 5 heteroatoms. The first-order chi connectivity index (χ1) is 13.7. The fraction of sp³-hybridized carbons (Fsp3) is 0.826. The Morgan fingerprint density at radius 2 is 1.71 bits per heavy atom. The quantitative estimate of drug-likeness (QED) is 0.290. The van der Waals surface area contributed by atoms with E-state index in [0.717, 1.165) is 44.7 Å². The van der Waals surface area contributed by atoms with Crippen LogP contribution in [0.25, 0.3) is 0 Å². The van der Waals surface area contributed by atoms with Crippen LogP contribution in [0.4, 0.5) is 0 Å². The monoisotopic (exact) mass is 392 g/mol. The van der Waals surface area contributed by atoms with Gasteiger partial charge in [-0.05, 0) is 24.8 Å². The van der Waals surface area contributed by atoms with Crippen LogP contribution in [-0.2, 0) is 14.3 Å². The number of imide groups is 1. The molecule has 0 aliphatic carbocycles. The van der Waals surface area contributed by atoms with Crippen molar-refractivity contribution in [2.45, 2.75) is 90.5 Å². The Morgan fingerprint density at radius 1 is 1.07 bits per heavy atom. The molecule has 2 rings (SSSR count). The van der Waals surface area contributed by atoms with Gasteiger partial charge in [-0.15, -0.1) is 0 Å². The lowest BCUT2D eigenvalue weighted by molar-refractivity contribution is -0.125. The molecular formula is C23H40N2O3. The molecule has 0 spiro atoms. The van der Waals surface area contributed by atoms with Gasteiger partial charge in [0, 0.05) is 25.6 Å². The van der Waals surface area contributed by atoms with E-state index in [9.17, 15) is 9.59 Å². The summed E-state index contributed by atoms with van der Waals surface area (Å²) in [5, 5.41) is 2.50. The highest BCUT2D eigenvalue weighted by Crippen LogP contribution is 2.29. The molecular weight excluding hydrogens is 352 g/mol. The number of ether oxygens (including phenoxy) is 1. The minimum Gasteiger partial charge on any atom is -0.379 e. The molecule has 0 aromatic rings. The zero-order valence-electron chi connectivity index (χ0n) is 18.0. The fourth-order valence-electron chi connectivity index (χ4n) is 4.47. The van der Waals surface area contributed by atoms with E-state index in [4.69, 9.17) is 4.74 Å². The molecule has 1 N–H and O–H groups in total. The number of hydrogen-bond donors (Lipinski definition) is 1. The molecule has 5 nitrogen and oxygen atoms in total. The Bertz CT molecular complexity index is 512. The lowest BCUT2D eigenvalue weighted by atomic mass is 9.87. The summed E-state index contributed by atoms with van der Waals surface area (Å²) >= 11 is 0. The van der Waals surface area contributed by atoms with E-state index in [-0.39, 0.29) is 23.8 Å². The summed E-state index contributed by atoms with van der Waals surface area (Å²) in [6, 6.07) is 0.236. The normalized spacial score (nSPS) is 22.5. The maximum Gasteiger partial charge on any atom is 0.234 e. The van der Waals surface area contributed by atoms with E-state index in [0.29, 0.717) is 6.42 Å². The molecule has 2 saturated heterocycles. The Labute approximate surface area is 171 Å². The molecule has 2 unspecified atom stereocenters. The average molecular weight is 393 g/mol. The van der Waals surface area contributed by atoms with Crippen LogP contribution in [-0.4, -0.2) is 49.1 Å². The summed E-state index contributed by atoms with van der Waals surface area (Å²) < 4.78 is 5.50. The highest BCUT2D eigenvalue weighted by atomic mass is 16.5. The van der Waals surface area contributed by atoms with Gasteiger partial charge in [0.1, 0.15) is 0 Å². The number of carbonyl (C=O) groups is 2. The smallest absolute Gasteiger partial charge is 0.234 e. The number of morpholine rings is 1. The lowest BCUT2D eigenvalue weighted by Gasteiger charge is -2.36. The van der Waals surface area contributed by atoms with Crippen LogP contribution < -0.4 is 5.32 Å². The number of nitrogens with one attached hydrogen (secondary N) is 1. The standard InChI is InChI=1S/C23H40N2O3/c1-3-5-6-7-8-9-10-11-12-13-19(20-18-22(26)24-23(20)27)21(4-2)25-14-16-28-17-15-25/h13,20-21H,3-12,14-18H2,1-2H3,(H,24,26,27). The molecule has 2 fully saturated rings. The van der Waals surface area contributed by atoms with E-state index < -0.39 is 0 Å². The van der Waals surface area contributed by atoms with Crippen molar-refractivity contribution in [2.75, 3.05) is 26.3 Å². The molecule has 2 amide bonds. The molecule has 0 bridgehead atoms. The van der Waals surface area contributed by atoms with Gasteiger partial charge in [-0.25, -0.2) is 0 Å². The summed E-state index contributed by atoms with van der Waals surface area (Å²) in [4.78, 5) is 26.6. The van der Waals surface area contributed by atoms with Gasteiger partial charge in [0.05, 0.1) is 19.1 Å². The van der Waals surface area contributed by atoms with E-state index >= 15 is 0 Å². The minimum atomic E-state index is -0.283. The molecule has 160 valence electrons. The van der Waals surface area contributed by atoms with Crippen molar-refractivity contribution in [2.24, 2.45) is 5.92 Å². The van der Waals surface area contributed by atoms with Gasteiger partial charge in [-0.3, -0.25) is 19.8 Å². The predicted octanol–water partition coefficient (Wildman–Crippen LogP) is 4.22. The zero-order valence-corrected chi connectivity index (χ0v) is 18.0. The Morgan fingerprint density at radius 3 is 2.29 bits per heavy atom. The Hall–Kier alpha value is -1.20. The molecule has 0 aromatic heterocycles. The van der Waals surface area contributed by atoms with Crippen LogP contribution in [0.3, 0.4) is 0 Å². The molecule has 2 aliphatic heterocycles. The molecule has 0 aromatic carbocycles. The van der Waals surface area contributed by atoms with Crippen molar-refractivity contribution < 1.29 is 14.3 Å². The Balaban J connectivity index is 1.91. The first-order valence-electron chi connectivity index (χ1n) is 11.5. The van der Waals surface area contributed by atoms with Gasteiger partial charge in [0.25, 0.3) is 0 Å². The average Bonchev–Trinajstić information content (AvgIpc) is 3.04. The van der Waals surface area contributed by atoms with Crippen LogP contribution in [0, 0.1) is 5.92 Å². The van der Waals surface area contributed by atoms with Crippen molar-refractivity contribution in [3.05, 3.63) is 11.6 Å². The first kappa shape index (κ1) is 23.1. The van der Waals surface area contributed by atoms with Gasteiger partial charge in [0.2, 0.25) is 11.8 Å². The van der Waals surface area contributed by atoms with Crippen LogP contribution >= 0.6 is 0 Å². The highest BCUT2D eigenvalue weighted by molar-refractivity contribution is 6.05. The molecule has 28 heavy (non-hydrogen) atoms. The van der Waals surface area contributed by atoms with E-state index in [1.54, 1.807) is 0 Å². The summed E-state index contributed by atoms with van der Waals surface area (Å²) in [7, 11) is 0. The maximum absolute atomic E-state index is 12.4. The van der Waals surface area contributed by atoms with Crippen molar-refractivity contribution in [1.82, 2.24) is 10.2 Å². The number of carbonyl (C=O) groups excluding carboxylic acids is 2. The largest absolute Gasteiger partial charge is 0.379 e. The summed E-state index contributed by atoms with van der Waals surface area (Å²) in [6.45, 7) is 7.72. The molecule has 2 heterocycles. The number of nitrogens with zero attached hydrogens (tertiary/aromatic N) is 1. The number of unbranched alkanes of at least 4 members (excludes halogenated alkanes) is 8. The summed E-state index contributed by atoms with van der Waals surface area (Å²) in [6.07, 6.45) is 15.0. The van der Waals surface area contributed by atoms with Crippen LogP contribution in [0.15, 0.2) is 11.6 Å². The van der Waals surface area contributed by atoms with Crippen LogP contribution in [0.2, 0.25) is 0 Å². The van der Waals surface area contributed by atoms with Gasteiger partial charge in [-0.2, -0.15) is 0 Å². The van der Waals surface area contributed by atoms with Crippen LogP contribution in [0.5, 0.6) is 0 Å². The van der Waals surface area contributed by atoms with E-state index in [1.807, 2.05) is 0 Å². The van der Waals surface area contributed by atoms with Crippen molar-refractivity contribution in [3.8, 4) is 0 Å².